The SMILES string of the molecule is COc1ccc(NC(=O)c2cc3c([nH]c2=O)C[C@@H](c2ccco2)CC3=O)c(OC)c1. The number of furan rings is 1. The maximum atomic E-state index is 12.8. The van der Waals surface area contributed by atoms with Crippen molar-refractivity contribution >= 4 is 17.4 Å². The van der Waals surface area contributed by atoms with Crippen LogP contribution in [0.4, 0.5) is 5.69 Å². The zero-order valence-electron chi connectivity index (χ0n) is 16.5. The fourth-order valence-electron chi connectivity index (χ4n) is 3.62. The first kappa shape index (κ1) is 19.5. The van der Waals surface area contributed by atoms with E-state index >= 15 is 0 Å². The molecule has 1 aliphatic carbocycles. The molecular weight excluding hydrogens is 388 g/mol. The molecule has 0 saturated heterocycles. The molecule has 2 N–H and O–H groups in total. The molecule has 0 fully saturated rings. The number of nitrogens with one attached hydrogen (secondary N) is 2. The predicted molar refractivity (Wildman–Crippen MR) is 109 cm³/mol. The number of ketones is 1. The number of hydrogen-bond donors (Lipinski definition) is 2. The quantitative estimate of drug-likeness (QED) is 0.671. The summed E-state index contributed by atoms with van der Waals surface area (Å²) >= 11 is 0. The maximum absolute atomic E-state index is 12.8. The lowest BCUT2D eigenvalue weighted by molar-refractivity contribution is 0.0959. The van der Waals surface area contributed by atoms with Crippen molar-refractivity contribution in [1.29, 1.82) is 0 Å². The van der Waals surface area contributed by atoms with Gasteiger partial charge < -0.3 is 24.2 Å². The highest BCUT2D eigenvalue weighted by Gasteiger charge is 2.30. The summed E-state index contributed by atoms with van der Waals surface area (Å²) in [6.45, 7) is 0. The van der Waals surface area contributed by atoms with Gasteiger partial charge in [0.15, 0.2) is 5.78 Å². The van der Waals surface area contributed by atoms with E-state index in [1.54, 1.807) is 30.5 Å². The molecule has 1 amide bonds. The van der Waals surface area contributed by atoms with Gasteiger partial charge in [0.2, 0.25) is 0 Å². The third-order valence-electron chi connectivity index (χ3n) is 5.15. The van der Waals surface area contributed by atoms with E-state index in [1.165, 1.54) is 20.3 Å². The molecule has 0 radical (unpaired) electrons. The summed E-state index contributed by atoms with van der Waals surface area (Å²) in [6.07, 6.45) is 2.26. The summed E-state index contributed by atoms with van der Waals surface area (Å²) in [5, 5.41) is 2.66. The van der Waals surface area contributed by atoms with Crippen molar-refractivity contribution in [2.45, 2.75) is 18.8 Å². The van der Waals surface area contributed by atoms with Gasteiger partial charge in [0.25, 0.3) is 11.5 Å². The third kappa shape index (κ3) is 3.59. The molecule has 0 bridgehead atoms. The second-order valence-electron chi connectivity index (χ2n) is 6.97. The van der Waals surface area contributed by atoms with Crippen LogP contribution in [0.1, 0.15) is 44.5 Å². The number of carbonyl (C=O) groups excluding carboxylic acids is 2. The Labute approximate surface area is 171 Å². The maximum Gasteiger partial charge on any atom is 0.261 e. The molecule has 1 atom stereocenters. The molecule has 8 heteroatoms. The van der Waals surface area contributed by atoms with E-state index in [-0.39, 0.29) is 23.7 Å². The number of pyridine rings is 1. The molecule has 8 nitrogen and oxygen atoms in total. The minimum atomic E-state index is -0.636. The molecule has 1 aliphatic rings. The highest BCUT2D eigenvalue weighted by Crippen LogP contribution is 2.32. The van der Waals surface area contributed by atoms with Crippen LogP contribution in [0.25, 0.3) is 0 Å². The summed E-state index contributed by atoms with van der Waals surface area (Å²) in [4.78, 5) is 40.7. The molecule has 2 heterocycles. The highest BCUT2D eigenvalue weighted by molar-refractivity contribution is 6.07. The number of methoxy groups -OCH3 is 2. The fraction of sp³-hybridized carbons (Fsp3) is 0.227. The molecule has 4 rings (SSSR count). The first-order valence-electron chi connectivity index (χ1n) is 9.36. The Morgan fingerprint density at radius 1 is 1.13 bits per heavy atom. The van der Waals surface area contributed by atoms with Gasteiger partial charge in [0.05, 0.1) is 26.2 Å². The van der Waals surface area contributed by atoms with Gasteiger partial charge in [0, 0.05) is 29.7 Å². The second-order valence-corrected chi connectivity index (χ2v) is 6.97. The van der Waals surface area contributed by atoms with Gasteiger partial charge in [-0.2, -0.15) is 0 Å². The Morgan fingerprint density at radius 3 is 2.67 bits per heavy atom. The van der Waals surface area contributed by atoms with Crippen LogP contribution in [0.3, 0.4) is 0 Å². The number of aromatic amines is 1. The molecule has 2 aromatic heterocycles. The van der Waals surface area contributed by atoms with Gasteiger partial charge in [-0.25, -0.2) is 0 Å². The van der Waals surface area contributed by atoms with Gasteiger partial charge >= 0.3 is 0 Å². The Kier molecular flexibility index (Phi) is 5.14. The van der Waals surface area contributed by atoms with Crippen LogP contribution in [0.2, 0.25) is 0 Å². The number of carbonyl (C=O) groups is 2. The van der Waals surface area contributed by atoms with Crippen molar-refractivity contribution in [3.8, 4) is 11.5 Å². The molecule has 0 aliphatic heterocycles. The van der Waals surface area contributed by atoms with E-state index in [0.717, 1.165) is 0 Å². The molecule has 0 saturated carbocycles. The van der Waals surface area contributed by atoms with Gasteiger partial charge in [-0.3, -0.25) is 14.4 Å². The van der Waals surface area contributed by atoms with Gasteiger partial charge in [-0.15, -0.1) is 0 Å². The lowest BCUT2D eigenvalue weighted by Gasteiger charge is -2.22. The van der Waals surface area contributed by atoms with Crippen molar-refractivity contribution in [3.05, 3.63) is 75.6 Å². The fourth-order valence-corrected chi connectivity index (χ4v) is 3.62. The lowest BCUT2D eigenvalue weighted by atomic mass is 9.84. The molecule has 30 heavy (non-hydrogen) atoms. The van der Waals surface area contributed by atoms with Crippen LogP contribution in [0.15, 0.2) is 51.9 Å². The van der Waals surface area contributed by atoms with Crippen LogP contribution >= 0.6 is 0 Å². The number of anilines is 1. The summed E-state index contributed by atoms with van der Waals surface area (Å²) < 4.78 is 15.8. The Morgan fingerprint density at radius 2 is 1.97 bits per heavy atom. The summed E-state index contributed by atoms with van der Waals surface area (Å²) in [5.41, 5.74) is 0.535. The van der Waals surface area contributed by atoms with Crippen LogP contribution in [-0.2, 0) is 6.42 Å². The predicted octanol–water partition coefficient (Wildman–Crippen LogP) is 3.15. The number of benzene rings is 1. The van der Waals surface area contributed by atoms with E-state index in [1.807, 2.05) is 6.07 Å². The van der Waals surface area contributed by atoms with Gasteiger partial charge in [-0.05, 0) is 36.8 Å². The van der Waals surface area contributed by atoms with Crippen molar-refractivity contribution in [3.63, 3.8) is 0 Å². The van der Waals surface area contributed by atoms with E-state index in [2.05, 4.69) is 10.3 Å². The number of H-pyrrole nitrogens is 1. The van der Waals surface area contributed by atoms with E-state index < -0.39 is 11.5 Å². The average molecular weight is 408 g/mol. The number of ether oxygens (including phenoxy) is 2. The summed E-state index contributed by atoms with van der Waals surface area (Å²) in [6, 6.07) is 9.82. The molecule has 3 aromatic rings. The molecule has 1 aromatic carbocycles. The number of fused-ring (bicyclic) bond motifs is 1. The average Bonchev–Trinajstić information content (AvgIpc) is 3.28. The number of amides is 1. The largest absolute Gasteiger partial charge is 0.497 e. The number of aromatic nitrogens is 1. The Bertz CT molecular complexity index is 1160. The Hall–Kier alpha value is -3.81. The first-order chi connectivity index (χ1) is 14.5. The molecule has 154 valence electrons. The van der Waals surface area contributed by atoms with Crippen LogP contribution in [0.5, 0.6) is 11.5 Å². The van der Waals surface area contributed by atoms with Crippen molar-refractivity contribution in [2.24, 2.45) is 0 Å². The van der Waals surface area contributed by atoms with Gasteiger partial charge in [0.1, 0.15) is 22.8 Å². The molecule has 0 unspecified atom stereocenters. The summed E-state index contributed by atoms with van der Waals surface area (Å²) in [5.74, 6) is 0.721. The van der Waals surface area contributed by atoms with E-state index in [0.29, 0.717) is 40.6 Å². The molecule has 0 spiro atoms. The minimum absolute atomic E-state index is 0.140. The smallest absolute Gasteiger partial charge is 0.261 e. The van der Waals surface area contributed by atoms with Crippen LogP contribution in [-0.4, -0.2) is 30.9 Å². The molecular formula is C22H20N2O6. The first-order valence-corrected chi connectivity index (χ1v) is 9.36. The topological polar surface area (TPSA) is 111 Å². The minimum Gasteiger partial charge on any atom is -0.497 e. The van der Waals surface area contributed by atoms with Crippen molar-refractivity contribution in [2.75, 3.05) is 19.5 Å². The van der Waals surface area contributed by atoms with Crippen molar-refractivity contribution < 1.29 is 23.5 Å². The zero-order chi connectivity index (χ0) is 21.3. The van der Waals surface area contributed by atoms with E-state index in [4.69, 9.17) is 13.9 Å². The third-order valence-corrected chi connectivity index (χ3v) is 5.15. The normalized spacial score (nSPS) is 15.4. The Balaban J connectivity index is 1.62. The number of rotatable bonds is 5. The van der Waals surface area contributed by atoms with Crippen molar-refractivity contribution in [1.82, 2.24) is 4.98 Å². The summed E-state index contributed by atoms with van der Waals surface area (Å²) in [7, 11) is 2.98. The van der Waals surface area contributed by atoms with E-state index in [9.17, 15) is 14.4 Å². The van der Waals surface area contributed by atoms with Crippen LogP contribution < -0.4 is 20.3 Å². The van der Waals surface area contributed by atoms with Gasteiger partial charge in [-0.1, -0.05) is 0 Å². The number of hydrogen-bond acceptors (Lipinski definition) is 6. The number of Topliss-reactive ketones (excluding diaryl/α,β-unsaturated/α-hetero) is 1. The monoisotopic (exact) mass is 408 g/mol. The standard InChI is InChI=1S/C22H20N2O6/c1-28-13-5-6-16(20(10-13)29-2)23-21(26)15-11-14-17(24-22(15)27)8-12(9-18(14)25)19-4-3-7-30-19/h3-7,10-12H,8-9H2,1-2H3,(H,23,26)(H,24,27)/t12-/m1/s1. The second kappa shape index (κ2) is 7.90. The highest BCUT2D eigenvalue weighted by atomic mass is 16.5. The zero-order valence-corrected chi connectivity index (χ0v) is 16.5. The van der Waals surface area contributed by atoms with Crippen LogP contribution in [0, 0.1) is 0 Å². The lowest BCUT2D eigenvalue weighted by Crippen LogP contribution is -2.29.